The van der Waals surface area contributed by atoms with Gasteiger partial charge in [-0.15, -0.1) is 0 Å². The fourth-order valence-electron chi connectivity index (χ4n) is 10.2. The zero-order valence-electron chi connectivity index (χ0n) is 55.3. The Morgan fingerprint density at radius 1 is 0.365 bits per heavy atom. The summed E-state index contributed by atoms with van der Waals surface area (Å²) in [7, 11) is -4.40. The van der Waals surface area contributed by atoms with Crippen LogP contribution >= 0.6 is 7.82 Å². The van der Waals surface area contributed by atoms with Crippen molar-refractivity contribution in [3.63, 3.8) is 0 Å². The van der Waals surface area contributed by atoms with Crippen LogP contribution in [0.4, 0.5) is 0 Å². The zero-order chi connectivity index (χ0) is 61.6. The van der Waals surface area contributed by atoms with Crippen LogP contribution in [0.1, 0.15) is 335 Å². The standard InChI is InChI=1S/C75H134NO8P/c1-3-5-7-9-11-13-15-17-19-21-23-25-27-29-31-32-33-34-35-36-37-38-39-40-42-44-46-48-50-52-54-56-58-60-62-64-66-68-75(78)84-73(72-83-85(79,80)82-70-69-76)71-81-74(77)67-65-63-61-59-57-55-53-51-49-47-45-43-41-30-28-26-24-22-20-18-16-14-12-10-8-6-4-2/h5,7,11,13,16-19,22-25,28-31,73H,3-4,6,8-10,12,14-15,20-21,26-27,32-72,76H2,1-2H3,(H,79,80)/b7-5-,13-11-,18-16-,19-17-,24-22-,25-23-,30-28-,31-29-. The zero-order valence-corrected chi connectivity index (χ0v) is 56.2. The number of nitrogens with two attached hydrogens (primary N) is 1. The normalized spacial score (nSPS) is 13.5. The van der Waals surface area contributed by atoms with E-state index in [9.17, 15) is 19.0 Å². The van der Waals surface area contributed by atoms with Gasteiger partial charge in [0, 0.05) is 19.4 Å². The fraction of sp³-hybridized carbons (Fsp3) is 0.760. The molecule has 3 N–H and O–H groups in total. The average Bonchev–Trinajstić information content (AvgIpc) is 3.52. The lowest BCUT2D eigenvalue weighted by Gasteiger charge is -2.19. The van der Waals surface area contributed by atoms with E-state index in [1.807, 2.05) is 0 Å². The Hall–Kier alpha value is -3.07. The molecule has 0 amide bonds. The van der Waals surface area contributed by atoms with Crippen LogP contribution in [0.2, 0.25) is 0 Å². The van der Waals surface area contributed by atoms with Crippen LogP contribution < -0.4 is 5.73 Å². The van der Waals surface area contributed by atoms with Crippen molar-refractivity contribution >= 4 is 19.8 Å². The SMILES string of the molecule is CC/C=C\C/C=C\C/C=C\C/C=C\C/C=C\CCCCCCCCCCCCCCCCCCCCCCCC(=O)OC(COC(=O)CCCCCCCCCCCCCC/C=C\C/C=C\C/C=C\CCCCCCC)COP(=O)(O)OCCN. The molecule has 492 valence electrons. The van der Waals surface area contributed by atoms with Gasteiger partial charge in [-0.2, -0.15) is 0 Å². The Morgan fingerprint density at radius 3 is 0.965 bits per heavy atom. The van der Waals surface area contributed by atoms with Gasteiger partial charge in [-0.05, 0) is 96.3 Å². The molecule has 0 aromatic carbocycles. The van der Waals surface area contributed by atoms with Gasteiger partial charge < -0.3 is 20.1 Å². The summed E-state index contributed by atoms with van der Waals surface area (Å²) in [5.41, 5.74) is 5.40. The Bertz CT molecular complexity index is 1720. The molecule has 0 rings (SSSR count). The molecular weight excluding hydrogens is 1070 g/mol. The van der Waals surface area contributed by atoms with Gasteiger partial charge in [0.2, 0.25) is 0 Å². The number of rotatable bonds is 67. The van der Waals surface area contributed by atoms with Gasteiger partial charge in [0.15, 0.2) is 6.10 Å². The van der Waals surface area contributed by atoms with Crippen LogP contribution in [0.25, 0.3) is 0 Å². The molecule has 2 unspecified atom stereocenters. The van der Waals surface area contributed by atoms with Crippen LogP contribution in [-0.2, 0) is 32.7 Å². The van der Waals surface area contributed by atoms with Crippen molar-refractivity contribution in [1.82, 2.24) is 0 Å². The molecule has 2 atom stereocenters. The number of unbranched alkanes of at least 4 members (excludes halogenated alkanes) is 38. The number of carbonyl (C=O) groups excluding carboxylic acids is 2. The van der Waals surface area contributed by atoms with Gasteiger partial charge in [-0.1, -0.05) is 323 Å². The molecule has 0 heterocycles. The lowest BCUT2D eigenvalue weighted by atomic mass is 10.0. The van der Waals surface area contributed by atoms with Crippen LogP contribution in [-0.4, -0.2) is 49.3 Å². The first kappa shape index (κ1) is 81.9. The summed E-state index contributed by atoms with van der Waals surface area (Å²) in [5.74, 6) is -0.818. The number of hydrogen-bond donors (Lipinski definition) is 2. The van der Waals surface area contributed by atoms with Crippen LogP contribution in [0.3, 0.4) is 0 Å². The highest BCUT2D eigenvalue weighted by Crippen LogP contribution is 2.43. The van der Waals surface area contributed by atoms with Crippen LogP contribution in [0.15, 0.2) is 97.2 Å². The second kappa shape index (κ2) is 70.0. The van der Waals surface area contributed by atoms with Crippen LogP contribution in [0.5, 0.6) is 0 Å². The van der Waals surface area contributed by atoms with E-state index in [-0.39, 0.29) is 38.6 Å². The third-order valence-corrected chi connectivity index (χ3v) is 16.4. The summed E-state index contributed by atoms with van der Waals surface area (Å²) in [6, 6.07) is 0. The molecular formula is C75H134NO8P. The van der Waals surface area contributed by atoms with E-state index in [2.05, 4.69) is 111 Å². The predicted molar refractivity (Wildman–Crippen MR) is 367 cm³/mol. The molecule has 0 bridgehead atoms. The molecule has 0 aliphatic heterocycles. The quantitative estimate of drug-likeness (QED) is 0.0264. The van der Waals surface area contributed by atoms with E-state index in [0.29, 0.717) is 6.42 Å². The first-order valence-electron chi connectivity index (χ1n) is 35.7. The molecule has 0 aromatic rings. The Kier molecular flexibility index (Phi) is 67.5. The minimum atomic E-state index is -4.40. The highest BCUT2D eigenvalue weighted by Gasteiger charge is 2.26. The monoisotopic (exact) mass is 1210 g/mol. The highest BCUT2D eigenvalue weighted by atomic mass is 31.2. The average molecular weight is 1210 g/mol. The number of ether oxygens (including phenoxy) is 2. The maximum atomic E-state index is 12.8. The lowest BCUT2D eigenvalue weighted by molar-refractivity contribution is -0.161. The van der Waals surface area contributed by atoms with Crippen molar-refractivity contribution in [3.05, 3.63) is 97.2 Å². The maximum Gasteiger partial charge on any atom is 0.472 e. The summed E-state index contributed by atoms with van der Waals surface area (Å²) in [5, 5.41) is 0. The molecule has 10 heteroatoms. The Morgan fingerprint density at radius 2 is 0.647 bits per heavy atom. The molecule has 0 aliphatic carbocycles. The van der Waals surface area contributed by atoms with Crippen molar-refractivity contribution in [3.8, 4) is 0 Å². The Labute approximate surface area is 525 Å². The molecule has 0 aromatic heterocycles. The number of carbonyl (C=O) groups is 2. The highest BCUT2D eigenvalue weighted by molar-refractivity contribution is 7.47. The molecule has 0 saturated heterocycles. The minimum Gasteiger partial charge on any atom is -0.462 e. The summed E-state index contributed by atoms with van der Waals surface area (Å²) >= 11 is 0. The number of phosphoric acid groups is 1. The predicted octanol–water partition coefficient (Wildman–Crippen LogP) is 23.5. The lowest BCUT2D eigenvalue weighted by Crippen LogP contribution is -2.29. The molecule has 0 fully saturated rings. The van der Waals surface area contributed by atoms with Crippen LogP contribution in [0, 0.1) is 0 Å². The first-order valence-corrected chi connectivity index (χ1v) is 37.2. The third-order valence-electron chi connectivity index (χ3n) is 15.5. The number of esters is 2. The molecule has 0 radical (unpaired) electrons. The molecule has 0 aliphatic rings. The fourth-order valence-corrected chi connectivity index (χ4v) is 11.0. The van der Waals surface area contributed by atoms with Gasteiger partial charge in [0.1, 0.15) is 6.61 Å². The topological polar surface area (TPSA) is 134 Å². The van der Waals surface area contributed by atoms with Gasteiger partial charge in [0.25, 0.3) is 0 Å². The van der Waals surface area contributed by atoms with E-state index in [0.717, 1.165) is 83.5 Å². The van der Waals surface area contributed by atoms with Gasteiger partial charge in [0.05, 0.1) is 13.2 Å². The van der Waals surface area contributed by atoms with E-state index in [1.165, 1.54) is 218 Å². The number of phosphoric ester groups is 1. The first-order chi connectivity index (χ1) is 41.8. The molecule has 0 spiro atoms. The second-order valence-electron chi connectivity index (χ2n) is 23.7. The van der Waals surface area contributed by atoms with E-state index in [4.69, 9.17) is 24.3 Å². The maximum absolute atomic E-state index is 12.8. The summed E-state index contributed by atoms with van der Waals surface area (Å²) in [4.78, 5) is 35.4. The van der Waals surface area contributed by atoms with Gasteiger partial charge >= 0.3 is 19.8 Å². The summed E-state index contributed by atoms with van der Waals surface area (Å²) in [6.45, 7) is 3.66. The van der Waals surface area contributed by atoms with E-state index in [1.54, 1.807) is 0 Å². The van der Waals surface area contributed by atoms with Crippen molar-refractivity contribution in [2.75, 3.05) is 26.4 Å². The summed E-state index contributed by atoms with van der Waals surface area (Å²) < 4.78 is 33.2. The molecule has 85 heavy (non-hydrogen) atoms. The number of allylic oxidation sites excluding steroid dienone is 16. The van der Waals surface area contributed by atoms with Crippen molar-refractivity contribution in [2.24, 2.45) is 5.73 Å². The molecule has 9 nitrogen and oxygen atoms in total. The largest absolute Gasteiger partial charge is 0.472 e. The van der Waals surface area contributed by atoms with Gasteiger partial charge in [-0.3, -0.25) is 18.6 Å². The second-order valence-corrected chi connectivity index (χ2v) is 25.2. The minimum absolute atomic E-state index is 0.0518. The van der Waals surface area contributed by atoms with Gasteiger partial charge in [-0.25, -0.2) is 4.57 Å². The van der Waals surface area contributed by atoms with Crippen molar-refractivity contribution in [1.29, 1.82) is 0 Å². The third kappa shape index (κ3) is 69.9. The Balaban J connectivity index is 3.84. The smallest absolute Gasteiger partial charge is 0.462 e. The van der Waals surface area contributed by atoms with E-state index < -0.39 is 26.5 Å². The molecule has 0 saturated carbocycles. The summed E-state index contributed by atoms with van der Waals surface area (Å²) in [6.07, 6.45) is 95.0. The van der Waals surface area contributed by atoms with E-state index >= 15 is 0 Å². The number of hydrogen-bond acceptors (Lipinski definition) is 8. The van der Waals surface area contributed by atoms with Crippen molar-refractivity contribution in [2.45, 2.75) is 341 Å². The van der Waals surface area contributed by atoms with Crippen molar-refractivity contribution < 1.29 is 37.6 Å².